The Kier molecular flexibility index (Phi) is 6.96. The molecular weight excluding hydrogens is 332 g/mol. The summed E-state index contributed by atoms with van der Waals surface area (Å²) in [6, 6.07) is 5.08. The molecule has 0 saturated heterocycles. The van der Waals surface area contributed by atoms with Crippen LogP contribution in [0.1, 0.15) is 11.1 Å². The molecule has 0 amide bonds. The molecule has 0 spiro atoms. The lowest BCUT2D eigenvalue weighted by Crippen LogP contribution is -2.11. The van der Waals surface area contributed by atoms with Gasteiger partial charge >= 0.3 is 6.18 Å². The predicted molar refractivity (Wildman–Crippen MR) is 77.3 cm³/mol. The topological polar surface area (TPSA) is 81.1 Å². The van der Waals surface area contributed by atoms with E-state index in [-0.39, 0.29) is 36.3 Å². The molecule has 1 heterocycles. The highest BCUT2D eigenvalue weighted by Crippen LogP contribution is 2.31. The Labute approximate surface area is 130 Å². The summed E-state index contributed by atoms with van der Waals surface area (Å²) in [7, 11) is 0. The first kappa shape index (κ1) is 19.0. The lowest BCUT2D eigenvalue weighted by Gasteiger charge is -2.09. The number of benzene rings is 1. The Morgan fingerprint density at radius 1 is 1.24 bits per heavy atom. The predicted octanol–water partition coefficient (Wildman–Crippen LogP) is 2.30. The van der Waals surface area contributed by atoms with Crippen LogP contribution in [-0.4, -0.2) is 21.1 Å². The molecule has 2 aromatic rings. The van der Waals surface area contributed by atoms with Gasteiger partial charge in [0.1, 0.15) is 6.33 Å². The molecule has 0 aliphatic heterocycles. The molecule has 0 bridgehead atoms. The zero-order valence-corrected chi connectivity index (χ0v) is 11.9. The van der Waals surface area contributed by atoms with Gasteiger partial charge in [-0.1, -0.05) is 18.2 Å². The van der Waals surface area contributed by atoms with E-state index in [0.29, 0.717) is 0 Å². The maximum absolute atomic E-state index is 12.7. The second-order valence-electron chi connectivity index (χ2n) is 3.52. The fraction of sp³-hybridized carbons (Fsp3) is 0.100. The van der Waals surface area contributed by atoms with Crippen molar-refractivity contribution in [2.45, 2.75) is 6.18 Å². The number of alkyl halides is 3. The average Bonchev–Trinajstić information content (AvgIpc) is 2.75. The molecule has 1 aromatic heterocycles. The molecule has 0 radical (unpaired) electrons. The van der Waals surface area contributed by atoms with Crippen LogP contribution < -0.4 is 11.3 Å². The quantitative estimate of drug-likeness (QED) is 0.509. The van der Waals surface area contributed by atoms with Crippen LogP contribution >= 0.6 is 24.8 Å². The van der Waals surface area contributed by atoms with Gasteiger partial charge in [-0.25, -0.2) is 10.1 Å². The Balaban J connectivity index is 0.00000200. The van der Waals surface area contributed by atoms with E-state index < -0.39 is 11.7 Å². The lowest BCUT2D eigenvalue weighted by molar-refractivity contribution is -0.137. The number of hydrogen-bond donors (Lipinski definition) is 2. The number of aromatic nitrogens is 3. The monoisotopic (exact) mass is 342 g/mol. The van der Waals surface area contributed by atoms with Crippen molar-refractivity contribution in [3.63, 3.8) is 0 Å². The third-order valence-corrected chi connectivity index (χ3v) is 2.21. The third-order valence-electron chi connectivity index (χ3n) is 2.21. The van der Waals surface area contributed by atoms with Crippen molar-refractivity contribution in [3.05, 3.63) is 41.7 Å². The van der Waals surface area contributed by atoms with Gasteiger partial charge in [0.2, 0.25) is 0 Å². The van der Waals surface area contributed by atoms with Gasteiger partial charge in [0.25, 0.3) is 5.95 Å². The first-order chi connectivity index (χ1) is 8.98. The Hall–Kier alpha value is -2.00. The summed E-state index contributed by atoms with van der Waals surface area (Å²) in [6.07, 6.45) is -2.17. The van der Waals surface area contributed by atoms with E-state index in [9.17, 15) is 13.2 Å². The number of hydrogen-bond acceptors (Lipinski definition) is 5. The summed E-state index contributed by atoms with van der Waals surface area (Å²) in [5.74, 6) is 5.51. The maximum Gasteiger partial charge on any atom is 0.417 e. The molecule has 116 valence electrons. The number of hydrazone groups is 1. The van der Waals surface area contributed by atoms with Gasteiger partial charge in [-0.15, -0.1) is 35.0 Å². The highest BCUT2D eigenvalue weighted by molar-refractivity contribution is 5.85. The van der Waals surface area contributed by atoms with Crippen molar-refractivity contribution >= 4 is 37.0 Å². The summed E-state index contributed by atoms with van der Waals surface area (Å²) >= 11 is 0. The maximum atomic E-state index is 12.7. The van der Waals surface area contributed by atoms with E-state index in [1.165, 1.54) is 24.5 Å². The zero-order chi connectivity index (χ0) is 13.9. The van der Waals surface area contributed by atoms with Gasteiger partial charge in [-0.2, -0.15) is 18.3 Å². The second kappa shape index (κ2) is 7.70. The third kappa shape index (κ3) is 4.80. The number of nitrogen functional groups attached to an aromatic ring is 1. The Morgan fingerprint density at radius 2 is 1.90 bits per heavy atom. The van der Waals surface area contributed by atoms with Crippen LogP contribution in [-0.2, 0) is 6.18 Å². The largest absolute Gasteiger partial charge is 0.417 e. The zero-order valence-electron chi connectivity index (χ0n) is 10.3. The summed E-state index contributed by atoms with van der Waals surface area (Å²) in [5, 5.41) is 10.7. The van der Waals surface area contributed by atoms with Gasteiger partial charge in [-0.05, 0) is 6.07 Å². The van der Waals surface area contributed by atoms with E-state index >= 15 is 0 Å². The first-order valence-electron chi connectivity index (χ1n) is 5.09. The molecule has 1 aromatic carbocycles. The minimum absolute atomic E-state index is 0. The fourth-order valence-corrected chi connectivity index (χ4v) is 1.35. The van der Waals surface area contributed by atoms with Crippen molar-refractivity contribution < 1.29 is 13.2 Å². The smallest absolute Gasteiger partial charge is 0.335 e. The van der Waals surface area contributed by atoms with Crippen LogP contribution in [0.4, 0.5) is 19.1 Å². The number of halogens is 5. The van der Waals surface area contributed by atoms with Crippen molar-refractivity contribution in [2.24, 2.45) is 5.10 Å². The lowest BCUT2D eigenvalue weighted by atomic mass is 10.1. The number of anilines is 1. The molecule has 21 heavy (non-hydrogen) atoms. The van der Waals surface area contributed by atoms with Gasteiger partial charge in [-0.3, -0.25) is 0 Å². The SMILES string of the molecule is Cl.Cl.Nn1cnnc1NN=Cc1ccccc1C(F)(F)F. The molecule has 0 saturated carbocycles. The fourth-order valence-electron chi connectivity index (χ4n) is 1.35. The van der Waals surface area contributed by atoms with Gasteiger partial charge in [0.15, 0.2) is 0 Å². The first-order valence-corrected chi connectivity index (χ1v) is 5.09. The molecule has 0 unspecified atom stereocenters. The Bertz CT molecular complexity index is 598. The Morgan fingerprint density at radius 3 is 2.48 bits per heavy atom. The second-order valence-corrected chi connectivity index (χ2v) is 3.52. The van der Waals surface area contributed by atoms with E-state index in [1.54, 1.807) is 0 Å². The van der Waals surface area contributed by atoms with Crippen molar-refractivity contribution in [3.8, 4) is 0 Å². The van der Waals surface area contributed by atoms with Crippen molar-refractivity contribution in [2.75, 3.05) is 11.3 Å². The van der Waals surface area contributed by atoms with E-state index in [0.717, 1.165) is 17.0 Å². The summed E-state index contributed by atoms with van der Waals surface area (Å²) in [6.45, 7) is 0. The summed E-state index contributed by atoms with van der Waals surface area (Å²) in [4.78, 5) is 0. The summed E-state index contributed by atoms with van der Waals surface area (Å²) in [5.41, 5.74) is 1.55. The van der Waals surface area contributed by atoms with Crippen LogP contribution in [0.25, 0.3) is 0 Å². The number of nitrogens with two attached hydrogens (primary N) is 1. The highest BCUT2D eigenvalue weighted by Gasteiger charge is 2.32. The molecule has 3 N–H and O–H groups in total. The molecule has 0 fully saturated rings. The molecule has 0 aliphatic rings. The molecular formula is C10H11Cl2F3N6. The van der Waals surface area contributed by atoms with Gasteiger partial charge in [0, 0.05) is 5.56 Å². The van der Waals surface area contributed by atoms with Crippen molar-refractivity contribution in [1.82, 2.24) is 14.9 Å². The number of nitrogens with zero attached hydrogens (tertiary/aromatic N) is 4. The number of nitrogens with one attached hydrogen (secondary N) is 1. The van der Waals surface area contributed by atoms with Crippen LogP contribution in [0.2, 0.25) is 0 Å². The minimum Gasteiger partial charge on any atom is -0.335 e. The van der Waals surface area contributed by atoms with Gasteiger partial charge < -0.3 is 5.84 Å². The van der Waals surface area contributed by atoms with E-state index in [4.69, 9.17) is 5.84 Å². The molecule has 2 rings (SSSR count). The molecule has 0 aliphatic carbocycles. The van der Waals surface area contributed by atoms with Crippen LogP contribution in [0.3, 0.4) is 0 Å². The number of rotatable bonds is 3. The van der Waals surface area contributed by atoms with Crippen molar-refractivity contribution in [1.29, 1.82) is 0 Å². The van der Waals surface area contributed by atoms with E-state index in [2.05, 4.69) is 20.7 Å². The van der Waals surface area contributed by atoms with Gasteiger partial charge in [0.05, 0.1) is 11.8 Å². The highest BCUT2D eigenvalue weighted by atomic mass is 35.5. The minimum atomic E-state index is -4.43. The van der Waals surface area contributed by atoms with Crippen LogP contribution in [0.15, 0.2) is 35.7 Å². The average molecular weight is 343 g/mol. The van der Waals surface area contributed by atoms with Crippen LogP contribution in [0.5, 0.6) is 0 Å². The molecule has 6 nitrogen and oxygen atoms in total. The summed E-state index contributed by atoms with van der Waals surface area (Å²) < 4.78 is 39.1. The molecule has 0 atom stereocenters. The van der Waals surface area contributed by atoms with Crippen LogP contribution in [0, 0.1) is 0 Å². The normalized spacial score (nSPS) is 10.8. The standard InChI is InChI=1S/C10H9F3N6.2ClH/c11-10(12,13)8-4-2-1-3-7(8)5-15-17-9-18-16-6-19(9)14;;/h1-6H,14H2,(H,17,18);2*1H. The molecule has 11 heteroatoms. The van der Waals surface area contributed by atoms with E-state index in [1.807, 2.05) is 0 Å².